The summed E-state index contributed by atoms with van der Waals surface area (Å²) in [6.07, 6.45) is 77.5. The van der Waals surface area contributed by atoms with E-state index < -0.39 is 6.10 Å². The Labute approximate surface area is 422 Å². The van der Waals surface area contributed by atoms with Gasteiger partial charge in [0, 0.05) is 19.4 Å². The highest BCUT2D eigenvalue weighted by molar-refractivity contribution is 5.70. The van der Waals surface area contributed by atoms with Gasteiger partial charge in [0.25, 0.3) is 0 Å². The maximum absolute atomic E-state index is 12.9. The fourth-order valence-corrected chi connectivity index (χ4v) is 8.12. The standard InChI is InChI=1S/C63H110O5/c1-4-7-10-13-16-19-22-25-28-31-34-37-40-43-46-49-52-55-58-66-59-61(68-63(65)57-54-51-48-45-42-39-36-33-30-27-24-21-18-15-12-9-6-3)60-67-62(64)56-53-50-47-44-41-38-35-32-29-26-23-20-17-14-11-8-5-2/h8-9,11-12,17-18,20-21,25-30,61H,4-7,10,13-16,19,22-24,31-60H2,1-3H3/b11-8-,12-9-,20-17-,21-18-,28-25-,29-26-,30-27-. The van der Waals surface area contributed by atoms with Crippen LogP contribution in [-0.4, -0.2) is 37.9 Å². The molecule has 0 aliphatic rings. The second kappa shape index (κ2) is 58.4. The molecule has 0 fully saturated rings. The molecule has 5 nitrogen and oxygen atoms in total. The van der Waals surface area contributed by atoms with E-state index in [0.717, 1.165) is 103 Å². The van der Waals surface area contributed by atoms with Gasteiger partial charge in [-0.1, -0.05) is 241 Å². The van der Waals surface area contributed by atoms with E-state index in [0.29, 0.717) is 19.4 Å². The minimum atomic E-state index is -0.552. The van der Waals surface area contributed by atoms with Crippen molar-refractivity contribution in [2.75, 3.05) is 19.8 Å². The Kier molecular flexibility index (Phi) is 55.9. The minimum absolute atomic E-state index is 0.0725. The molecular weight excluding hydrogens is 837 g/mol. The third-order valence-electron chi connectivity index (χ3n) is 12.4. The highest BCUT2D eigenvalue weighted by Gasteiger charge is 2.17. The lowest BCUT2D eigenvalue weighted by atomic mass is 10.1. The van der Waals surface area contributed by atoms with E-state index >= 15 is 0 Å². The molecule has 0 amide bonds. The Morgan fingerprint density at radius 3 is 1.07 bits per heavy atom. The molecule has 0 aliphatic heterocycles. The van der Waals surface area contributed by atoms with Gasteiger partial charge >= 0.3 is 11.9 Å². The maximum Gasteiger partial charge on any atom is 0.306 e. The van der Waals surface area contributed by atoms with Gasteiger partial charge < -0.3 is 14.2 Å². The van der Waals surface area contributed by atoms with E-state index in [9.17, 15) is 9.59 Å². The summed E-state index contributed by atoms with van der Waals surface area (Å²) < 4.78 is 17.5. The predicted molar refractivity (Wildman–Crippen MR) is 297 cm³/mol. The summed E-state index contributed by atoms with van der Waals surface area (Å²) in [5.41, 5.74) is 0. The number of allylic oxidation sites excluding steroid dienone is 14. The van der Waals surface area contributed by atoms with Gasteiger partial charge in [0.2, 0.25) is 0 Å². The predicted octanol–water partition coefficient (Wildman–Crippen LogP) is 20.0. The zero-order valence-electron chi connectivity index (χ0n) is 45.1. The van der Waals surface area contributed by atoms with Gasteiger partial charge in [0.1, 0.15) is 6.61 Å². The van der Waals surface area contributed by atoms with Crippen molar-refractivity contribution >= 4 is 11.9 Å². The van der Waals surface area contributed by atoms with Gasteiger partial charge in [0.15, 0.2) is 6.10 Å². The van der Waals surface area contributed by atoms with Crippen molar-refractivity contribution in [2.45, 2.75) is 284 Å². The first-order valence-corrected chi connectivity index (χ1v) is 29.1. The van der Waals surface area contributed by atoms with Crippen LogP contribution in [0, 0.1) is 0 Å². The lowest BCUT2D eigenvalue weighted by molar-refractivity contribution is -0.163. The summed E-state index contributed by atoms with van der Waals surface area (Å²) in [5.74, 6) is -0.415. The van der Waals surface area contributed by atoms with Crippen LogP contribution in [-0.2, 0) is 23.8 Å². The van der Waals surface area contributed by atoms with E-state index in [1.165, 1.54) is 141 Å². The van der Waals surface area contributed by atoms with E-state index in [-0.39, 0.29) is 25.2 Å². The molecule has 1 atom stereocenters. The van der Waals surface area contributed by atoms with Crippen LogP contribution < -0.4 is 0 Å². The van der Waals surface area contributed by atoms with Crippen LogP contribution in [0.4, 0.5) is 0 Å². The Morgan fingerprint density at radius 1 is 0.338 bits per heavy atom. The molecule has 0 heterocycles. The number of unbranched alkanes of at least 4 members (excludes halogenated alkanes) is 28. The number of ether oxygens (including phenoxy) is 3. The summed E-state index contributed by atoms with van der Waals surface area (Å²) in [7, 11) is 0. The SMILES string of the molecule is CC/C=C\C/C=C\C/C=C\CCCCCCCCCC(=O)OCC(COCCCCCCCCCC/C=C\CCCCCCCC)OC(=O)CCCCCCCCC/C=C\C/C=C\C/C=C\CC. The van der Waals surface area contributed by atoms with Gasteiger partial charge in [-0.05, 0) is 109 Å². The summed E-state index contributed by atoms with van der Waals surface area (Å²) in [6, 6.07) is 0. The molecule has 0 saturated carbocycles. The van der Waals surface area contributed by atoms with Gasteiger partial charge in [-0.25, -0.2) is 0 Å². The zero-order valence-corrected chi connectivity index (χ0v) is 45.1. The van der Waals surface area contributed by atoms with Crippen molar-refractivity contribution in [1.82, 2.24) is 0 Å². The molecule has 0 aromatic rings. The molecule has 0 saturated heterocycles. The third kappa shape index (κ3) is 55.7. The number of carbonyl (C=O) groups excluding carboxylic acids is 2. The number of esters is 2. The van der Waals surface area contributed by atoms with Crippen molar-refractivity contribution in [2.24, 2.45) is 0 Å². The van der Waals surface area contributed by atoms with Crippen LogP contribution in [0.5, 0.6) is 0 Å². The van der Waals surface area contributed by atoms with E-state index in [4.69, 9.17) is 14.2 Å². The fraction of sp³-hybridized carbons (Fsp3) is 0.746. The number of hydrogen-bond acceptors (Lipinski definition) is 5. The maximum atomic E-state index is 12.9. The Bertz CT molecular complexity index is 1250. The molecule has 0 rings (SSSR count). The second-order valence-electron chi connectivity index (χ2n) is 19.1. The first-order chi connectivity index (χ1) is 33.6. The molecule has 0 N–H and O–H groups in total. The molecule has 0 aliphatic carbocycles. The van der Waals surface area contributed by atoms with Gasteiger partial charge in [-0.2, -0.15) is 0 Å². The van der Waals surface area contributed by atoms with Crippen LogP contribution in [0.3, 0.4) is 0 Å². The lowest BCUT2D eigenvalue weighted by Crippen LogP contribution is -2.30. The number of hydrogen-bond donors (Lipinski definition) is 0. The molecule has 0 spiro atoms. The van der Waals surface area contributed by atoms with E-state index in [1.54, 1.807) is 0 Å². The summed E-state index contributed by atoms with van der Waals surface area (Å²) in [6.45, 7) is 7.60. The van der Waals surface area contributed by atoms with Crippen molar-refractivity contribution in [1.29, 1.82) is 0 Å². The van der Waals surface area contributed by atoms with Gasteiger partial charge in [0.05, 0.1) is 6.61 Å². The molecule has 392 valence electrons. The molecule has 0 aromatic carbocycles. The molecular formula is C63H110O5. The number of carbonyl (C=O) groups is 2. The number of rotatable bonds is 53. The lowest BCUT2D eigenvalue weighted by Gasteiger charge is -2.18. The Balaban J connectivity index is 4.31. The first-order valence-electron chi connectivity index (χ1n) is 29.1. The summed E-state index contributed by atoms with van der Waals surface area (Å²) in [5, 5.41) is 0. The third-order valence-corrected chi connectivity index (χ3v) is 12.4. The van der Waals surface area contributed by atoms with E-state index in [1.807, 2.05) is 0 Å². The van der Waals surface area contributed by atoms with Crippen LogP contribution in [0.25, 0.3) is 0 Å². The van der Waals surface area contributed by atoms with Crippen LogP contribution in [0.15, 0.2) is 85.1 Å². The van der Waals surface area contributed by atoms with Crippen LogP contribution in [0.1, 0.15) is 278 Å². The van der Waals surface area contributed by atoms with Gasteiger partial charge in [-0.15, -0.1) is 0 Å². The normalized spacial score (nSPS) is 12.8. The Hall–Kier alpha value is -2.92. The average Bonchev–Trinajstić information content (AvgIpc) is 3.34. The monoisotopic (exact) mass is 947 g/mol. The summed E-state index contributed by atoms with van der Waals surface area (Å²) in [4.78, 5) is 25.5. The highest BCUT2D eigenvalue weighted by atomic mass is 16.6. The van der Waals surface area contributed by atoms with Crippen molar-refractivity contribution < 1.29 is 23.8 Å². The first kappa shape index (κ1) is 65.1. The molecule has 5 heteroatoms. The molecule has 68 heavy (non-hydrogen) atoms. The topological polar surface area (TPSA) is 61.8 Å². The van der Waals surface area contributed by atoms with Crippen molar-refractivity contribution in [3.05, 3.63) is 85.1 Å². The average molecular weight is 948 g/mol. The van der Waals surface area contributed by atoms with Crippen LogP contribution >= 0.6 is 0 Å². The van der Waals surface area contributed by atoms with Crippen molar-refractivity contribution in [3.8, 4) is 0 Å². The Morgan fingerprint density at radius 2 is 0.662 bits per heavy atom. The molecule has 1 unspecified atom stereocenters. The van der Waals surface area contributed by atoms with Gasteiger partial charge in [-0.3, -0.25) is 9.59 Å². The van der Waals surface area contributed by atoms with E-state index in [2.05, 4.69) is 106 Å². The highest BCUT2D eigenvalue weighted by Crippen LogP contribution is 2.15. The van der Waals surface area contributed by atoms with Crippen LogP contribution in [0.2, 0.25) is 0 Å². The quantitative estimate of drug-likeness (QED) is 0.0345. The second-order valence-corrected chi connectivity index (χ2v) is 19.1. The zero-order chi connectivity index (χ0) is 49.2. The molecule has 0 radical (unpaired) electrons. The molecule has 0 bridgehead atoms. The molecule has 0 aromatic heterocycles. The largest absolute Gasteiger partial charge is 0.462 e. The fourth-order valence-electron chi connectivity index (χ4n) is 8.12. The summed E-state index contributed by atoms with van der Waals surface area (Å²) >= 11 is 0. The van der Waals surface area contributed by atoms with Crippen molar-refractivity contribution in [3.63, 3.8) is 0 Å². The smallest absolute Gasteiger partial charge is 0.306 e. The minimum Gasteiger partial charge on any atom is -0.462 e.